The van der Waals surface area contributed by atoms with E-state index in [0.717, 1.165) is 10.0 Å². The number of rotatable bonds is 4. The molecule has 0 bridgehead atoms. The molecule has 2 nitrogen and oxygen atoms in total. The molecular weight excluding hydrogens is 254 g/mol. The molecular formula is C12H16BrNO. The first-order chi connectivity index (χ1) is 7.02. The summed E-state index contributed by atoms with van der Waals surface area (Å²) in [6, 6.07) is 8.19. The van der Waals surface area contributed by atoms with E-state index in [9.17, 15) is 4.79 Å². The third kappa shape index (κ3) is 3.43. The van der Waals surface area contributed by atoms with Crippen LogP contribution in [0.5, 0.6) is 0 Å². The highest BCUT2D eigenvalue weighted by atomic mass is 79.9. The van der Waals surface area contributed by atoms with Crippen LogP contribution in [0.15, 0.2) is 28.7 Å². The van der Waals surface area contributed by atoms with Gasteiger partial charge in [-0.3, -0.25) is 4.79 Å². The molecule has 1 atom stereocenters. The molecule has 0 heterocycles. The maximum Gasteiger partial charge on any atom is 0.131 e. The lowest BCUT2D eigenvalue weighted by molar-refractivity contribution is -0.118. The highest BCUT2D eigenvalue weighted by Crippen LogP contribution is 2.28. The van der Waals surface area contributed by atoms with E-state index in [4.69, 9.17) is 0 Å². The number of halogens is 1. The van der Waals surface area contributed by atoms with Gasteiger partial charge >= 0.3 is 0 Å². The van der Waals surface area contributed by atoms with Crippen LogP contribution in [0.3, 0.4) is 0 Å². The van der Waals surface area contributed by atoms with Gasteiger partial charge in [-0.1, -0.05) is 34.1 Å². The van der Waals surface area contributed by atoms with Gasteiger partial charge < -0.3 is 4.90 Å². The largest absolute Gasteiger partial charge is 0.302 e. The number of Topliss-reactive ketones (excluding diaryl/α,β-unsaturated/α-hetero) is 1. The number of carbonyl (C=O) groups excluding carboxylic acids is 1. The van der Waals surface area contributed by atoms with Crippen LogP contribution in [-0.4, -0.2) is 24.8 Å². The van der Waals surface area contributed by atoms with Crippen LogP contribution in [0.1, 0.15) is 24.9 Å². The molecule has 1 unspecified atom stereocenters. The fourth-order valence-electron chi connectivity index (χ4n) is 1.59. The second-order valence-electron chi connectivity index (χ2n) is 3.91. The number of hydrogen-bond donors (Lipinski definition) is 0. The van der Waals surface area contributed by atoms with E-state index in [1.54, 1.807) is 6.92 Å². The number of ketones is 1. The van der Waals surface area contributed by atoms with Crippen molar-refractivity contribution in [1.82, 2.24) is 4.90 Å². The predicted molar refractivity (Wildman–Crippen MR) is 65.9 cm³/mol. The molecule has 0 aliphatic rings. The van der Waals surface area contributed by atoms with Crippen LogP contribution in [0.2, 0.25) is 0 Å². The van der Waals surface area contributed by atoms with Gasteiger partial charge in [0.25, 0.3) is 0 Å². The van der Waals surface area contributed by atoms with Gasteiger partial charge in [-0.15, -0.1) is 0 Å². The molecule has 3 heteroatoms. The Kier molecular flexibility index (Phi) is 4.48. The van der Waals surface area contributed by atoms with Crippen LogP contribution < -0.4 is 0 Å². The van der Waals surface area contributed by atoms with Crippen LogP contribution in [0.4, 0.5) is 0 Å². The summed E-state index contributed by atoms with van der Waals surface area (Å²) in [7, 11) is 3.99. The van der Waals surface area contributed by atoms with Crippen molar-refractivity contribution >= 4 is 21.7 Å². The van der Waals surface area contributed by atoms with Gasteiger partial charge in [-0.25, -0.2) is 0 Å². The molecule has 0 saturated carbocycles. The molecule has 0 fully saturated rings. The summed E-state index contributed by atoms with van der Waals surface area (Å²) >= 11 is 3.52. The Bertz CT molecular complexity index is 349. The quantitative estimate of drug-likeness (QED) is 0.838. The average molecular weight is 270 g/mol. The molecule has 0 radical (unpaired) electrons. The summed E-state index contributed by atoms with van der Waals surface area (Å²) in [5, 5.41) is 0. The Hall–Kier alpha value is -0.670. The lowest BCUT2D eigenvalue weighted by Gasteiger charge is -2.24. The van der Waals surface area contributed by atoms with Gasteiger partial charge in [0.15, 0.2) is 0 Å². The fraction of sp³-hybridized carbons (Fsp3) is 0.417. The van der Waals surface area contributed by atoms with E-state index in [2.05, 4.69) is 26.9 Å². The van der Waals surface area contributed by atoms with E-state index in [1.165, 1.54) is 0 Å². The van der Waals surface area contributed by atoms with Crippen LogP contribution >= 0.6 is 15.9 Å². The molecule has 15 heavy (non-hydrogen) atoms. The molecule has 1 aromatic carbocycles. The van der Waals surface area contributed by atoms with Crippen molar-refractivity contribution in [2.45, 2.75) is 19.4 Å². The highest BCUT2D eigenvalue weighted by Gasteiger charge is 2.17. The predicted octanol–water partition coefficient (Wildman–Crippen LogP) is 3.03. The Morgan fingerprint density at radius 1 is 1.40 bits per heavy atom. The minimum Gasteiger partial charge on any atom is -0.302 e. The molecule has 0 spiro atoms. The normalized spacial score (nSPS) is 12.9. The topological polar surface area (TPSA) is 20.3 Å². The van der Waals surface area contributed by atoms with E-state index in [1.807, 2.05) is 32.3 Å². The molecule has 0 aromatic heterocycles. The Balaban J connectivity index is 2.99. The molecule has 1 aromatic rings. The van der Waals surface area contributed by atoms with E-state index >= 15 is 0 Å². The zero-order valence-corrected chi connectivity index (χ0v) is 10.9. The third-order valence-corrected chi connectivity index (χ3v) is 3.09. The smallest absolute Gasteiger partial charge is 0.131 e. The van der Waals surface area contributed by atoms with Gasteiger partial charge in [-0.2, -0.15) is 0 Å². The Morgan fingerprint density at radius 3 is 2.47 bits per heavy atom. The first kappa shape index (κ1) is 12.4. The molecule has 0 aliphatic heterocycles. The van der Waals surface area contributed by atoms with Crippen molar-refractivity contribution in [3.63, 3.8) is 0 Å². The van der Waals surface area contributed by atoms with E-state index in [-0.39, 0.29) is 11.8 Å². The number of carbonyl (C=O) groups is 1. The van der Waals surface area contributed by atoms with Gasteiger partial charge in [-0.05, 0) is 32.6 Å². The van der Waals surface area contributed by atoms with Crippen molar-refractivity contribution in [3.8, 4) is 0 Å². The van der Waals surface area contributed by atoms with Crippen molar-refractivity contribution in [1.29, 1.82) is 0 Å². The zero-order valence-electron chi connectivity index (χ0n) is 9.33. The van der Waals surface area contributed by atoms with Crippen molar-refractivity contribution in [2.24, 2.45) is 0 Å². The number of nitrogens with zero attached hydrogens (tertiary/aromatic N) is 1. The van der Waals surface area contributed by atoms with Crippen molar-refractivity contribution in [3.05, 3.63) is 34.3 Å². The Labute approximate surface area is 99.4 Å². The van der Waals surface area contributed by atoms with Crippen molar-refractivity contribution < 1.29 is 4.79 Å². The number of benzene rings is 1. The van der Waals surface area contributed by atoms with E-state index < -0.39 is 0 Å². The maximum atomic E-state index is 11.2. The van der Waals surface area contributed by atoms with E-state index in [0.29, 0.717) is 6.42 Å². The standard InChI is InChI=1S/C12H16BrNO/c1-9(15)8-12(14(2)3)10-6-4-5-7-11(10)13/h4-7,12H,8H2,1-3H3. The lowest BCUT2D eigenvalue weighted by Crippen LogP contribution is -2.22. The molecule has 1 rings (SSSR count). The minimum absolute atomic E-state index is 0.151. The SMILES string of the molecule is CC(=O)CC(c1ccccc1Br)N(C)C. The molecule has 0 saturated heterocycles. The maximum absolute atomic E-state index is 11.2. The minimum atomic E-state index is 0.151. The monoisotopic (exact) mass is 269 g/mol. The summed E-state index contributed by atoms with van der Waals surface area (Å²) in [5.41, 5.74) is 1.16. The molecule has 0 aliphatic carbocycles. The summed E-state index contributed by atoms with van der Waals surface area (Å²) < 4.78 is 1.06. The van der Waals surface area contributed by atoms with Crippen LogP contribution in [0, 0.1) is 0 Å². The Morgan fingerprint density at radius 2 is 2.00 bits per heavy atom. The second-order valence-corrected chi connectivity index (χ2v) is 4.76. The second kappa shape index (κ2) is 5.42. The van der Waals surface area contributed by atoms with Gasteiger partial charge in [0.1, 0.15) is 5.78 Å². The fourth-order valence-corrected chi connectivity index (χ4v) is 2.14. The zero-order chi connectivity index (χ0) is 11.4. The first-order valence-electron chi connectivity index (χ1n) is 4.92. The lowest BCUT2D eigenvalue weighted by atomic mass is 10.0. The first-order valence-corrected chi connectivity index (χ1v) is 5.72. The molecule has 0 N–H and O–H groups in total. The van der Waals surface area contributed by atoms with Gasteiger partial charge in [0.2, 0.25) is 0 Å². The molecule has 0 amide bonds. The summed E-state index contributed by atoms with van der Waals surface area (Å²) in [6.07, 6.45) is 0.551. The average Bonchev–Trinajstić information content (AvgIpc) is 2.15. The van der Waals surface area contributed by atoms with Crippen LogP contribution in [0.25, 0.3) is 0 Å². The highest BCUT2D eigenvalue weighted by molar-refractivity contribution is 9.10. The number of hydrogen-bond acceptors (Lipinski definition) is 2. The van der Waals surface area contributed by atoms with Gasteiger partial charge in [0, 0.05) is 16.9 Å². The summed E-state index contributed by atoms with van der Waals surface area (Å²) in [5.74, 6) is 0.212. The third-order valence-electron chi connectivity index (χ3n) is 2.37. The summed E-state index contributed by atoms with van der Waals surface area (Å²) in [4.78, 5) is 13.3. The summed E-state index contributed by atoms with van der Waals surface area (Å²) in [6.45, 7) is 1.63. The van der Waals surface area contributed by atoms with Crippen LogP contribution in [-0.2, 0) is 4.79 Å². The molecule has 82 valence electrons. The van der Waals surface area contributed by atoms with Gasteiger partial charge in [0.05, 0.1) is 0 Å². The van der Waals surface area contributed by atoms with Crippen molar-refractivity contribution in [2.75, 3.05) is 14.1 Å².